The number of hydrogen-bond donors (Lipinski definition) is 0. The zero-order valence-corrected chi connectivity index (χ0v) is 14.9. The third-order valence-electron chi connectivity index (χ3n) is 4.49. The van der Waals surface area contributed by atoms with Gasteiger partial charge in [-0.25, -0.2) is 0 Å². The number of rotatable bonds is 6. The average Bonchev–Trinajstić information content (AvgIpc) is 3.20. The minimum Gasteiger partial charge on any atom is -0.454 e. The van der Waals surface area contributed by atoms with Gasteiger partial charge < -0.3 is 14.4 Å². The van der Waals surface area contributed by atoms with Crippen LogP contribution in [0.15, 0.2) is 72.9 Å². The summed E-state index contributed by atoms with van der Waals surface area (Å²) in [6, 6.07) is 21.2. The summed E-state index contributed by atoms with van der Waals surface area (Å²) in [5.74, 6) is 1.26. The van der Waals surface area contributed by atoms with Crippen LogP contribution >= 0.6 is 0 Å². The molecular weight excluding hydrogens is 340 g/mol. The first-order valence-corrected chi connectivity index (χ1v) is 8.92. The van der Waals surface area contributed by atoms with Gasteiger partial charge in [-0.3, -0.25) is 9.78 Å². The van der Waals surface area contributed by atoms with Gasteiger partial charge in [-0.15, -0.1) is 0 Å². The Hall–Kier alpha value is -3.34. The fourth-order valence-electron chi connectivity index (χ4n) is 3.06. The maximum atomic E-state index is 13.2. The van der Waals surface area contributed by atoms with Crippen LogP contribution in [-0.4, -0.2) is 29.1 Å². The molecule has 1 aliphatic heterocycles. The van der Waals surface area contributed by atoms with E-state index in [1.54, 1.807) is 24.4 Å². The molecule has 0 radical (unpaired) electrons. The molecule has 5 heteroatoms. The van der Waals surface area contributed by atoms with Crippen molar-refractivity contribution in [2.75, 3.05) is 13.3 Å². The Kier molecular flexibility index (Phi) is 5.01. The van der Waals surface area contributed by atoms with E-state index in [9.17, 15) is 4.79 Å². The highest BCUT2D eigenvalue weighted by Gasteiger charge is 2.20. The van der Waals surface area contributed by atoms with E-state index in [-0.39, 0.29) is 12.7 Å². The molecule has 2 heterocycles. The van der Waals surface area contributed by atoms with E-state index >= 15 is 0 Å². The highest BCUT2D eigenvalue weighted by atomic mass is 16.7. The summed E-state index contributed by atoms with van der Waals surface area (Å²) in [6.45, 7) is 1.32. The molecule has 1 aliphatic rings. The van der Waals surface area contributed by atoms with Crippen molar-refractivity contribution in [3.8, 4) is 11.5 Å². The normalized spacial score (nSPS) is 12.0. The van der Waals surface area contributed by atoms with Gasteiger partial charge in [0.2, 0.25) is 6.79 Å². The number of nitrogens with zero attached hydrogens (tertiary/aromatic N) is 2. The lowest BCUT2D eigenvalue weighted by Crippen LogP contribution is -2.32. The lowest BCUT2D eigenvalue weighted by molar-refractivity contribution is 0.0744. The molecule has 0 spiro atoms. The molecule has 27 heavy (non-hydrogen) atoms. The number of fused-ring (bicyclic) bond motifs is 1. The Labute approximate surface area is 158 Å². The van der Waals surface area contributed by atoms with Crippen molar-refractivity contribution in [2.24, 2.45) is 0 Å². The molecule has 1 amide bonds. The van der Waals surface area contributed by atoms with Crippen molar-refractivity contribution in [1.82, 2.24) is 9.88 Å². The quantitative estimate of drug-likeness (QED) is 0.673. The molecule has 0 saturated carbocycles. The average molecular weight is 360 g/mol. The van der Waals surface area contributed by atoms with Crippen molar-refractivity contribution in [1.29, 1.82) is 0 Å². The molecule has 0 N–H and O–H groups in total. The number of amides is 1. The lowest BCUT2D eigenvalue weighted by Gasteiger charge is -2.23. The van der Waals surface area contributed by atoms with Crippen LogP contribution in [0.2, 0.25) is 0 Å². The zero-order valence-electron chi connectivity index (χ0n) is 14.9. The highest BCUT2D eigenvalue weighted by Crippen LogP contribution is 2.33. The van der Waals surface area contributed by atoms with Gasteiger partial charge >= 0.3 is 0 Å². The van der Waals surface area contributed by atoms with E-state index < -0.39 is 0 Å². The van der Waals surface area contributed by atoms with Crippen molar-refractivity contribution >= 4 is 5.91 Å². The molecule has 1 aromatic heterocycles. The molecule has 0 fully saturated rings. The molecule has 0 bridgehead atoms. The maximum absolute atomic E-state index is 13.2. The second-order valence-electron chi connectivity index (χ2n) is 6.35. The van der Waals surface area contributed by atoms with Crippen LogP contribution in [0.3, 0.4) is 0 Å². The second kappa shape index (κ2) is 7.91. The minimum absolute atomic E-state index is 0.0342. The Balaban J connectivity index is 1.55. The predicted octanol–water partition coefficient (Wildman–Crippen LogP) is 3.70. The van der Waals surface area contributed by atoms with Gasteiger partial charge in [0.15, 0.2) is 11.5 Å². The molecule has 4 rings (SSSR count). The summed E-state index contributed by atoms with van der Waals surface area (Å²) in [5, 5.41) is 0. The van der Waals surface area contributed by atoms with Gasteiger partial charge in [-0.1, -0.05) is 36.4 Å². The molecule has 136 valence electrons. The van der Waals surface area contributed by atoms with Crippen molar-refractivity contribution in [3.63, 3.8) is 0 Å². The number of hydrogen-bond acceptors (Lipinski definition) is 4. The number of carbonyl (C=O) groups excluding carboxylic acids is 1. The van der Waals surface area contributed by atoms with Crippen LogP contribution in [0.5, 0.6) is 11.5 Å². The van der Waals surface area contributed by atoms with E-state index in [0.717, 1.165) is 11.3 Å². The van der Waals surface area contributed by atoms with Gasteiger partial charge in [-0.05, 0) is 35.9 Å². The number of aromatic nitrogens is 1. The molecule has 2 aromatic carbocycles. The Bertz CT molecular complexity index is 913. The molecule has 5 nitrogen and oxygen atoms in total. The van der Waals surface area contributed by atoms with Crippen LogP contribution in [0.4, 0.5) is 0 Å². The van der Waals surface area contributed by atoms with Crippen LogP contribution in [0, 0.1) is 0 Å². The largest absolute Gasteiger partial charge is 0.454 e. The summed E-state index contributed by atoms with van der Waals surface area (Å²) in [4.78, 5) is 19.4. The van der Waals surface area contributed by atoms with Gasteiger partial charge in [0.1, 0.15) is 0 Å². The van der Waals surface area contributed by atoms with Crippen LogP contribution < -0.4 is 9.47 Å². The monoisotopic (exact) mass is 360 g/mol. The summed E-state index contributed by atoms with van der Waals surface area (Å²) in [5.41, 5.74) is 2.65. The van der Waals surface area contributed by atoms with E-state index in [2.05, 4.69) is 4.98 Å². The highest BCUT2D eigenvalue weighted by molar-refractivity contribution is 5.95. The van der Waals surface area contributed by atoms with E-state index in [1.165, 1.54) is 0 Å². The number of ether oxygens (including phenoxy) is 2. The molecule has 0 aliphatic carbocycles. The van der Waals surface area contributed by atoms with Crippen LogP contribution in [0.25, 0.3) is 0 Å². The van der Waals surface area contributed by atoms with Gasteiger partial charge in [-0.2, -0.15) is 0 Å². The molecular formula is C22H20N2O3. The number of pyridine rings is 1. The van der Waals surface area contributed by atoms with Gasteiger partial charge in [0.25, 0.3) is 5.91 Å². The molecule has 0 unspecified atom stereocenters. The third kappa shape index (κ3) is 4.08. The first kappa shape index (κ1) is 17.1. The first-order valence-electron chi connectivity index (χ1n) is 8.92. The van der Waals surface area contributed by atoms with Gasteiger partial charge in [0, 0.05) is 37.0 Å². The molecule has 0 atom stereocenters. The number of carbonyl (C=O) groups is 1. The molecule has 0 saturated heterocycles. The minimum atomic E-state index is -0.0342. The third-order valence-corrected chi connectivity index (χ3v) is 4.49. The maximum Gasteiger partial charge on any atom is 0.254 e. The van der Waals surface area contributed by atoms with Crippen molar-refractivity contribution in [3.05, 3.63) is 89.7 Å². The van der Waals surface area contributed by atoms with Crippen molar-refractivity contribution in [2.45, 2.75) is 13.0 Å². The first-order chi connectivity index (χ1) is 13.3. The lowest BCUT2D eigenvalue weighted by atomic mass is 10.1. The van der Waals surface area contributed by atoms with Crippen LogP contribution in [0.1, 0.15) is 21.6 Å². The second-order valence-corrected chi connectivity index (χ2v) is 6.35. The Morgan fingerprint density at radius 2 is 1.78 bits per heavy atom. The van der Waals surface area contributed by atoms with E-state index in [4.69, 9.17) is 9.47 Å². The SMILES string of the molecule is O=C(c1ccc2c(c1)OCO2)N(CCc1ccccn1)Cc1ccccc1. The molecule has 3 aromatic rings. The van der Waals surface area contributed by atoms with E-state index in [1.807, 2.05) is 53.4 Å². The predicted molar refractivity (Wildman–Crippen MR) is 102 cm³/mol. The van der Waals surface area contributed by atoms with Gasteiger partial charge in [0.05, 0.1) is 0 Å². The topological polar surface area (TPSA) is 51.7 Å². The Morgan fingerprint density at radius 1 is 0.963 bits per heavy atom. The standard InChI is InChI=1S/C22H20N2O3/c25-22(18-9-10-20-21(14-18)27-16-26-20)24(15-17-6-2-1-3-7-17)13-11-19-8-4-5-12-23-19/h1-10,12,14H,11,13,15-16H2. The summed E-state index contributed by atoms with van der Waals surface area (Å²) >= 11 is 0. The van der Waals surface area contributed by atoms with Crippen LogP contribution in [-0.2, 0) is 13.0 Å². The smallest absolute Gasteiger partial charge is 0.254 e. The van der Waals surface area contributed by atoms with E-state index in [0.29, 0.717) is 36.6 Å². The summed E-state index contributed by atoms with van der Waals surface area (Å²) in [6.07, 6.45) is 2.47. The Morgan fingerprint density at radius 3 is 2.59 bits per heavy atom. The summed E-state index contributed by atoms with van der Waals surface area (Å²) in [7, 11) is 0. The zero-order chi connectivity index (χ0) is 18.5. The fourth-order valence-corrected chi connectivity index (χ4v) is 3.06. The number of benzene rings is 2. The fraction of sp³-hybridized carbons (Fsp3) is 0.182. The summed E-state index contributed by atoms with van der Waals surface area (Å²) < 4.78 is 10.8. The van der Waals surface area contributed by atoms with Crippen molar-refractivity contribution < 1.29 is 14.3 Å².